The molecular formula is C58H103FN10O9. The Hall–Kier alpha value is -5.66. The van der Waals surface area contributed by atoms with E-state index in [2.05, 4.69) is 97.9 Å². The summed E-state index contributed by atoms with van der Waals surface area (Å²) in [7, 11) is 3.74. The Morgan fingerprint density at radius 1 is 0.705 bits per heavy atom. The van der Waals surface area contributed by atoms with Crippen molar-refractivity contribution in [1.29, 1.82) is 0 Å². The van der Waals surface area contributed by atoms with Crippen molar-refractivity contribution in [3.05, 3.63) is 35.6 Å². The molecule has 1 heterocycles. The van der Waals surface area contributed by atoms with Crippen LogP contribution < -0.4 is 42.5 Å². The normalized spacial score (nSPS) is 16.4. The highest BCUT2D eigenvalue weighted by atomic mass is 19.1. The van der Waals surface area contributed by atoms with E-state index in [4.69, 9.17) is 0 Å². The maximum Gasteiger partial charge on any atom is 0.254 e. The fourth-order valence-corrected chi connectivity index (χ4v) is 8.13. The van der Waals surface area contributed by atoms with E-state index < -0.39 is 64.8 Å². The molecule has 1 saturated heterocycles. The van der Waals surface area contributed by atoms with Gasteiger partial charge in [0.05, 0.1) is 13.1 Å². The Kier molecular flexibility index (Phi) is 33.2. The van der Waals surface area contributed by atoms with Crippen LogP contribution in [0.15, 0.2) is 24.3 Å². The van der Waals surface area contributed by atoms with Crippen LogP contribution in [-0.2, 0) is 38.4 Å². The number of likely N-dealkylation sites (tertiary alicyclic amines) is 1. The minimum absolute atomic E-state index is 0.00787. The third kappa shape index (κ3) is 30.5. The van der Waals surface area contributed by atoms with Gasteiger partial charge in [-0.25, -0.2) is 4.39 Å². The molecule has 8 N–H and O–H groups in total. The average molecular weight is 1100 g/mol. The zero-order chi connectivity index (χ0) is 60.1. The molecule has 2 fully saturated rings. The summed E-state index contributed by atoms with van der Waals surface area (Å²) in [6, 6.07) is 4.21. The molecule has 2 aliphatic rings. The number of carbonyl (C=O) groups excluding carboxylic acids is 9. The summed E-state index contributed by atoms with van der Waals surface area (Å²) >= 11 is 0. The van der Waals surface area contributed by atoms with Gasteiger partial charge < -0.3 is 52.3 Å². The van der Waals surface area contributed by atoms with Gasteiger partial charge in [-0.3, -0.25) is 43.2 Å². The van der Waals surface area contributed by atoms with Crippen molar-refractivity contribution >= 4 is 53.7 Å². The van der Waals surface area contributed by atoms with E-state index in [1.807, 2.05) is 32.8 Å². The van der Waals surface area contributed by atoms with Crippen molar-refractivity contribution in [3.8, 4) is 0 Å². The Bertz CT molecular complexity index is 2030. The van der Waals surface area contributed by atoms with Crippen LogP contribution in [-0.4, -0.2) is 145 Å². The first-order valence-electron chi connectivity index (χ1n) is 28.0. The predicted molar refractivity (Wildman–Crippen MR) is 306 cm³/mol. The van der Waals surface area contributed by atoms with E-state index in [1.54, 1.807) is 18.7 Å². The van der Waals surface area contributed by atoms with Crippen LogP contribution >= 0.6 is 0 Å². The van der Waals surface area contributed by atoms with E-state index in [1.165, 1.54) is 90.5 Å². The lowest BCUT2D eigenvalue weighted by atomic mass is 9.85. The second-order valence-corrected chi connectivity index (χ2v) is 24.6. The first kappa shape index (κ1) is 72.3. The highest BCUT2D eigenvalue weighted by Crippen LogP contribution is 2.29. The number of nitrogens with one attached hydrogen (secondary N) is 8. The molecule has 1 aliphatic carbocycles. The van der Waals surface area contributed by atoms with Crippen LogP contribution in [0.4, 0.5) is 4.39 Å². The van der Waals surface area contributed by atoms with Crippen LogP contribution in [0, 0.1) is 35.4 Å². The standard InChI is InChI=1S/C27H50N8O7.C23H33FN2O2.2C4H10/c1-17(2)13-18(31-19(37)15-30-23(41)25(3,4)32-20(38)14-28-16-36)21(39)33-27(7,8)24(42)34-26(5,6)22(40)29-11-12-35(9)10;1-16-14-21(26(15-16)23(28)19-10-12-20(24)13-11-19)22(27)25-17(2)8-9-18-6-4-3-5-7-18;2*1-4(2)3/h16-18H,11-15H2,1-10H3,(H,28,36)(H,29,40)(H,30,41)(H,31,37)(H,32,38)(H,33,39)(H,34,42);10-13,16-18,21H,3-9,14-15H2,1-2H3,(H,25,27);2*4H,1-3H3/t18-;16?,17-,21+;;/m01../s1. The van der Waals surface area contributed by atoms with Gasteiger partial charge in [-0.05, 0) is 142 Å². The van der Waals surface area contributed by atoms with Gasteiger partial charge in [-0.2, -0.15) is 0 Å². The Balaban J connectivity index is 0.00000140. The topological polar surface area (TPSA) is 256 Å². The molecule has 1 saturated carbocycles. The van der Waals surface area contributed by atoms with Crippen molar-refractivity contribution in [1.82, 2.24) is 52.3 Å². The second kappa shape index (κ2) is 35.8. The minimum Gasteiger partial charge on any atom is -0.353 e. The maximum absolute atomic E-state index is 13.2. The Morgan fingerprint density at radius 3 is 1.76 bits per heavy atom. The molecule has 19 nitrogen and oxygen atoms in total. The molecule has 9 amide bonds. The first-order chi connectivity index (χ1) is 36.0. The maximum atomic E-state index is 13.2. The number of nitrogens with zero attached hydrogens (tertiary/aromatic N) is 2. The van der Waals surface area contributed by atoms with Crippen molar-refractivity contribution in [2.45, 2.75) is 203 Å². The molecule has 1 unspecified atom stereocenters. The second-order valence-electron chi connectivity index (χ2n) is 24.6. The number of hydrogen-bond acceptors (Lipinski definition) is 10. The molecule has 0 aromatic heterocycles. The average Bonchev–Trinajstić information content (AvgIpc) is 3.72. The van der Waals surface area contributed by atoms with Gasteiger partial charge >= 0.3 is 0 Å². The van der Waals surface area contributed by atoms with Crippen molar-refractivity contribution in [2.75, 3.05) is 46.8 Å². The molecule has 4 atom stereocenters. The lowest BCUT2D eigenvalue weighted by Crippen LogP contribution is -2.64. The summed E-state index contributed by atoms with van der Waals surface area (Å²) in [6.07, 6.45) is 10.1. The van der Waals surface area contributed by atoms with Crippen LogP contribution in [0.25, 0.3) is 0 Å². The summed E-state index contributed by atoms with van der Waals surface area (Å²) in [5, 5.41) is 20.8. The number of halogens is 1. The number of amides is 9. The number of carbonyl (C=O) groups is 9. The molecule has 446 valence electrons. The molecule has 0 radical (unpaired) electrons. The first-order valence-corrected chi connectivity index (χ1v) is 28.0. The van der Waals surface area contributed by atoms with E-state index in [0.717, 1.165) is 24.2 Å². The number of benzene rings is 1. The van der Waals surface area contributed by atoms with E-state index in [-0.39, 0.29) is 54.4 Å². The summed E-state index contributed by atoms with van der Waals surface area (Å²) in [4.78, 5) is 116. The minimum atomic E-state index is -1.44. The summed E-state index contributed by atoms with van der Waals surface area (Å²) < 4.78 is 13.2. The lowest BCUT2D eigenvalue weighted by Gasteiger charge is -2.33. The van der Waals surface area contributed by atoms with Crippen LogP contribution in [0.1, 0.15) is 179 Å². The molecule has 20 heteroatoms. The van der Waals surface area contributed by atoms with E-state index in [0.29, 0.717) is 38.0 Å². The highest BCUT2D eigenvalue weighted by Gasteiger charge is 2.40. The molecule has 0 bridgehead atoms. The van der Waals surface area contributed by atoms with E-state index in [9.17, 15) is 47.5 Å². The Morgan fingerprint density at radius 2 is 1.23 bits per heavy atom. The highest BCUT2D eigenvalue weighted by molar-refractivity contribution is 5.99. The monoisotopic (exact) mass is 1100 g/mol. The number of hydrogen-bond donors (Lipinski definition) is 8. The van der Waals surface area contributed by atoms with Crippen LogP contribution in [0.5, 0.6) is 0 Å². The van der Waals surface area contributed by atoms with Crippen LogP contribution in [0.2, 0.25) is 0 Å². The summed E-state index contributed by atoms with van der Waals surface area (Å²) in [5.74, 6) is -1.40. The summed E-state index contributed by atoms with van der Waals surface area (Å²) in [5.41, 5.74) is -3.65. The number of rotatable bonds is 24. The third-order valence-electron chi connectivity index (χ3n) is 12.3. The van der Waals surface area contributed by atoms with Gasteiger partial charge in [0.1, 0.15) is 34.5 Å². The van der Waals surface area contributed by atoms with Crippen molar-refractivity contribution in [2.24, 2.45) is 29.6 Å². The smallest absolute Gasteiger partial charge is 0.254 e. The zero-order valence-corrected chi connectivity index (χ0v) is 50.9. The zero-order valence-electron chi connectivity index (χ0n) is 50.9. The van der Waals surface area contributed by atoms with Gasteiger partial charge in [0.2, 0.25) is 47.8 Å². The van der Waals surface area contributed by atoms with E-state index >= 15 is 0 Å². The predicted octanol–water partition coefficient (Wildman–Crippen LogP) is 5.61. The SMILES string of the molecule is CC(C)C.CC(C)C.CC(C)C[C@H](NC(=O)CNC(=O)C(C)(C)NC(=O)CNC=O)C(=O)NC(C)(C)C(=O)NC(C)(C)C(=O)NCCN(C)C.CC1C[C@@H](C(=O)N[C@H](C)CCC2CCCCC2)N(C(=O)c2ccc(F)cc2)C1. The fourth-order valence-electron chi connectivity index (χ4n) is 8.13. The molecule has 78 heavy (non-hydrogen) atoms. The van der Waals surface area contributed by atoms with Crippen molar-refractivity contribution < 1.29 is 47.5 Å². The van der Waals surface area contributed by atoms with Crippen LogP contribution in [0.3, 0.4) is 0 Å². The number of likely N-dealkylation sites (N-methyl/N-ethyl adjacent to an activating group) is 1. The quantitative estimate of drug-likeness (QED) is 0.0594. The molecule has 1 aliphatic heterocycles. The molecular weight excluding hydrogens is 1000 g/mol. The molecule has 3 rings (SSSR count). The third-order valence-corrected chi connectivity index (χ3v) is 12.3. The lowest BCUT2D eigenvalue weighted by molar-refractivity contribution is -0.138. The van der Waals surface area contributed by atoms with Gasteiger partial charge in [-0.1, -0.05) is 94.4 Å². The van der Waals surface area contributed by atoms with Gasteiger partial charge in [0, 0.05) is 31.2 Å². The summed E-state index contributed by atoms with van der Waals surface area (Å²) in [6.45, 7) is 30.5. The van der Waals surface area contributed by atoms with Crippen molar-refractivity contribution in [3.63, 3.8) is 0 Å². The Labute approximate surface area is 467 Å². The van der Waals surface area contributed by atoms with Gasteiger partial charge in [0.25, 0.3) is 5.91 Å². The molecule has 1 aromatic carbocycles. The molecule has 0 spiro atoms. The van der Waals surface area contributed by atoms with Gasteiger partial charge in [-0.15, -0.1) is 0 Å². The van der Waals surface area contributed by atoms with Gasteiger partial charge in [0.15, 0.2) is 0 Å². The fraction of sp³-hybridized carbons (Fsp3) is 0.741. The molecule has 1 aromatic rings. The largest absolute Gasteiger partial charge is 0.353 e.